The van der Waals surface area contributed by atoms with E-state index in [9.17, 15) is 0 Å². The topological polar surface area (TPSA) is 28.7 Å². The molecule has 0 bridgehead atoms. The van der Waals surface area contributed by atoms with E-state index in [4.69, 9.17) is 12.2 Å². The number of thiophene rings is 1. The summed E-state index contributed by atoms with van der Waals surface area (Å²) in [6.45, 7) is 6.04. The van der Waals surface area contributed by atoms with E-state index >= 15 is 0 Å². The molecule has 0 aliphatic heterocycles. The minimum absolute atomic E-state index is 0.687. The van der Waals surface area contributed by atoms with Gasteiger partial charge in [-0.3, -0.25) is 0 Å². The predicted octanol–water partition coefficient (Wildman–Crippen LogP) is 3.79. The summed E-state index contributed by atoms with van der Waals surface area (Å²) < 4.78 is 0.687. The molecule has 4 heteroatoms. The summed E-state index contributed by atoms with van der Waals surface area (Å²) in [5.74, 6) is 0.867. The van der Waals surface area contributed by atoms with Gasteiger partial charge in [0.1, 0.15) is 10.5 Å². The lowest BCUT2D eigenvalue weighted by molar-refractivity contribution is 1.03. The molecular formula is C11H12N2S2. The maximum atomic E-state index is 5.21. The van der Waals surface area contributed by atoms with E-state index in [1.54, 1.807) is 11.3 Å². The summed E-state index contributed by atoms with van der Waals surface area (Å²) in [7, 11) is 0. The normalized spacial score (nSPS) is 10.6. The minimum atomic E-state index is 0.687. The number of H-pyrrole nitrogens is 1. The molecule has 0 radical (unpaired) electrons. The second-order valence-electron chi connectivity index (χ2n) is 3.54. The van der Waals surface area contributed by atoms with Crippen molar-refractivity contribution in [3.05, 3.63) is 33.0 Å². The summed E-state index contributed by atoms with van der Waals surface area (Å²) in [5.41, 5.74) is 2.16. The van der Waals surface area contributed by atoms with Crippen LogP contribution in [0.4, 0.5) is 0 Å². The van der Waals surface area contributed by atoms with Crippen molar-refractivity contribution in [1.29, 1.82) is 0 Å². The minimum Gasteiger partial charge on any atom is -0.342 e. The van der Waals surface area contributed by atoms with E-state index < -0.39 is 0 Å². The molecule has 15 heavy (non-hydrogen) atoms. The van der Waals surface area contributed by atoms with Crippen molar-refractivity contribution in [2.75, 3.05) is 0 Å². The molecule has 2 nitrogen and oxygen atoms in total. The van der Waals surface area contributed by atoms with Crippen LogP contribution in [0.3, 0.4) is 0 Å². The second-order valence-corrected chi connectivity index (χ2v) is 5.21. The van der Waals surface area contributed by atoms with Gasteiger partial charge in [0.05, 0.1) is 10.6 Å². The monoisotopic (exact) mass is 236 g/mol. The summed E-state index contributed by atoms with van der Waals surface area (Å²) in [6, 6.07) is 4.24. The van der Waals surface area contributed by atoms with Gasteiger partial charge in [-0.25, -0.2) is 4.98 Å². The molecule has 2 heterocycles. The van der Waals surface area contributed by atoms with Gasteiger partial charge in [-0.2, -0.15) is 0 Å². The van der Waals surface area contributed by atoms with Crippen LogP contribution in [0.1, 0.15) is 16.3 Å². The number of hydrogen-bond acceptors (Lipinski definition) is 3. The van der Waals surface area contributed by atoms with Gasteiger partial charge in [0, 0.05) is 10.4 Å². The highest BCUT2D eigenvalue weighted by Crippen LogP contribution is 2.28. The standard InChI is InChI=1S/C11H12N2S2/c1-6-4-5-9(15-6)10-7(2)11(14)13-8(3)12-10/h4-5H,1-3H3,(H,12,13,14). The highest BCUT2D eigenvalue weighted by Gasteiger charge is 2.07. The lowest BCUT2D eigenvalue weighted by atomic mass is 10.2. The molecule has 0 aliphatic carbocycles. The van der Waals surface area contributed by atoms with Gasteiger partial charge in [0.15, 0.2) is 0 Å². The Hall–Kier alpha value is -1.00. The van der Waals surface area contributed by atoms with Crippen LogP contribution in [0.2, 0.25) is 0 Å². The van der Waals surface area contributed by atoms with Crippen LogP contribution in [0.15, 0.2) is 12.1 Å². The Bertz CT molecular complexity index is 552. The molecule has 2 rings (SSSR count). The maximum Gasteiger partial charge on any atom is 0.133 e. The third kappa shape index (κ3) is 2.01. The Morgan fingerprint density at radius 3 is 2.60 bits per heavy atom. The summed E-state index contributed by atoms with van der Waals surface area (Å²) >= 11 is 6.98. The molecule has 0 saturated heterocycles. The largest absolute Gasteiger partial charge is 0.342 e. The molecule has 0 amide bonds. The Balaban J connectivity index is 2.67. The van der Waals surface area contributed by atoms with Crippen LogP contribution in [0, 0.1) is 25.4 Å². The lowest BCUT2D eigenvalue weighted by Crippen LogP contribution is -1.94. The Labute approximate surface area is 98.0 Å². The van der Waals surface area contributed by atoms with Gasteiger partial charge in [-0.1, -0.05) is 12.2 Å². The Morgan fingerprint density at radius 2 is 2.00 bits per heavy atom. The van der Waals surface area contributed by atoms with E-state index in [-0.39, 0.29) is 0 Å². The van der Waals surface area contributed by atoms with Crippen LogP contribution < -0.4 is 0 Å². The van der Waals surface area contributed by atoms with Crippen molar-refractivity contribution >= 4 is 23.6 Å². The first kappa shape index (κ1) is 10.5. The van der Waals surface area contributed by atoms with Crippen molar-refractivity contribution in [3.8, 4) is 10.6 Å². The molecule has 0 aliphatic rings. The number of aryl methyl sites for hydroxylation is 2. The number of nitrogens with zero attached hydrogens (tertiary/aromatic N) is 1. The SMILES string of the molecule is Cc1nc(=S)c(C)c(-c2ccc(C)s2)[nH]1. The van der Waals surface area contributed by atoms with Crippen LogP contribution in [-0.4, -0.2) is 9.97 Å². The van der Waals surface area contributed by atoms with Crippen LogP contribution in [0.5, 0.6) is 0 Å². The van der Waals surface area contributed by atoms with Gasteiger partial charge in [0.2, 0.25) is 0 Å². The molecule has 2 aromatic rings. The number of aromatic nitrogens is 2. The first-order valence-corrected chi connectivity index (χ1v) is 5.95. The number of rotatable bonds is 1. The lowest BCUT2D eigenvalue weighted by Gasteiger charge is -2.04. The van der Waals surface area contributed by atoms with E-state index in [1.165, 1.54) is 9.75 Å². The fourth-order valence-corrected chi connectivity index (χ4v) is 2.63. The summed E-state index contributed by atoms with van der Waals surface area (Å²) in [6.07, 6.45) is 0. The first-order valence-electron chi connectivity index (χ1n) is 4.72. The zero-order valence-corrected chi connectivity index (χ0v) is 10.6. The molecule has 0 unspecified atom stereocenters. The van der Waals surface area contributed by atoms with Gasteiger partial charge in [-0.15, -0.1) is 11.3 Å². The molecular weight excluding hydrogens is 224 g/mol. The van der Waals surface area contributed by atoms with Crippen molar-refractivity contribution in [2.45, 2.75) is 20.8 Å². The number of aromatic amines is 1. The van der Waals surface area contributed by atoms with Crippen molar-refractivity contribution in [2.24, 2.45) is 0 Å². The zero-order chi connectivity index (χ0) is 11.0. The van der Waals surface area contributed by atoms with E-state index in [2.05, 4.69) is 29.0 Å². The van der Waals surface area contributed by atoms with Crippen LogP contribution in [0.25, 0.3) is 10.6 Å². The average molecular weight is 236 g/mol. The third-order valence-electron chi connectivity index (χ3n) is 2.26. The van der Waals surface area contributed by atoms with E-state index in [0.29, 0.717) is 4.64 Å². The van der Waals surface area contributed by atoms with E-state index in [1.807, 2.05) is 13.8 Å². The maximum absolute atomic E-state index is 5.21. The molecule has 0 atom stereocenters. The molecule has 0 fully saturated rings. The Kier molecular flexibility index (Phi) is 2.71. The predicted molar refractivity (Wildman–Crippen MR) is 66.9 cm³/mol. The summed E-state index contributed by atoms with van der Waals surface area (Å²) in [5, 5.41) is 0. The van der Waals surface area contributed by atoms with Crippen molar-refractivity contribution in [1.82, 2.24) is 9.97 Å². The zero-order valence-electron chi connectivity index (χ0n) is 8.92. The third-order valence-corrected chi connectivity index (χ3v) is 3.67. The Morgan fingerprint density at radius 1 is 1.27 bits per heavy atom. The van der Waals surface area contributed by atoms with Gasteiger partial charge < -0.3 is 4.98 Å². The van der Waals surface area contributed by atoms with Crippen LogP contribution in [-0.2, 0) is 0 Å². The molecule has 78 valence electrons. The summed E-state index contributed by atoms with van der Waals surface area (Å²) in [4.78, 5) is 10.0. The molecule has 0 aromatic carbocycles. The highest BCUT2D eigenvalue weighted by atomic mass is 32.1. The van der Waals surface area contributed by atoms with Gasteiger partial charge in [0.25, 0.3) is 0 Å². The van der Waals surface area contributed by atoms with Crippen molar-refractivity contribution < 1.29 is 0 Å². The smallest absolute Gasteiger partial charge is 0.133 e. The van der Waals surface area contributed by atoms with Crippen molar-refractivity contribution in [3.63, 3.8) is 0 Å². The average Bonchev–Trinajstić information content (AvgIpc) is 2.58. The molecule has 1 N–H and O–H groups in total. The second kappa shape index (κ2) is 3.87. The van der Waals surface area contributed by atoms with E-state index in [0.717, 1.165) is 17.1 Å². The fraction of sp³-hybridized carbons (Fsp3) is 0.273. The van der Waals surface area contributed by atoms with Crippen LogP contribution >= 0.6 is 23.6 Å². The quantitative estimate of drug-likeness (QED) is 0.763. The molecule has 0 saturated carbocycles. The molecule has 0 spiro atoms. The van der Waals surface area contributed by atoms with Gasteiger partial charge in [-0.05, 0) is 32.9 Å². The fourth-order valence-electron chi connectivity index (χ4n) is 1.46. The number of nitrogens with one attached hydrogen (secondary N) is 1. The molecule has 2 aromatic heterocycles. The van der Waals surface area contributed by atoms with Gasteiger partial charge >= 0.3 is 0 Å². The number of hydrogen-bond donors (Lipinski definition) is 1. The highest BCUT2D eigenvalue weighted by molar-refractivity contribution is 7.71. The first-order chi connectivity index (χ1) is 7.08.